The number of hydrogen-bond donors (Lipinski definition) is 1. The second-order valence-corrected chi connectivity index (χ2v) is 6.01. The Labute approximate surface area is 145 Å². The molecule has 2 heterocycles. The highest BCUT2D eigenvalue weighted by Crippen LogP contribution is 2.23. The molecule has 0 saturated heterocycles. The van der Waals surface area contributed by atoms with Gasteiger partial charge in [-0.1, -0.05) is 30.3 Å². The van der Waals surface area contributed by atoms with Crippen LogP contribution in [0.2, 0.25) is 0 Å². The Kier molecular flexibility index (Phi) is 5.38. The molecule has 1 aliphatic heterocycles. The zero-order valence-corrected chi connectivity index (χ0v) is 14.0. The fourth-order valence-corrected chi connectivity index (χ4v) is 2.77. The lowest BCUT2D eigenvalue weighted by Gasteiger charge is -2.14. The van der Waals surface area contributed by atoms with Gasteiger partial charge in [0.15, 0.2) is 0 Å². The summed E-state index contributed by atoms with van der Waals surface area (Å²) in [5.41, 5.74) is 2.43. The molecule has 0 bridgehead atoms. The van der Waals surface area contributed by atoms with Gasteiger partial charge in [-0.2, -0.15) is 0 Å². The molecule has 1 aromatic carbocycles. The van der Waals surface area contributed by atoms with Crippen molar-refractivity contribution in [3.8, 4) is 0 Å². The fourth-order valence-electron chi connectivity index (χ4n) is 2.77. The number of halogens is 1. The van der Waals surface area contributed by atoms with Crippen molar-refractivity contribution < 1.29 is 14.0 Å². The molecule has 130 valence electrons. The Balaban J connectivity index is 1.48. The summed E-state index contributed by atoms with van der Waals surface area (Å²) >= 11 is 0. The third kappa shape index (κ3) is 4.21. The standard InChI is InChI=1S/C19H20FN3O2/c1-13-17(14-7-9-15(20)10-8-14)23-25-18(13)19(24)22-12-4-6-16-5-2-3-11-21-16/h2-3,5,7-11,13,18H,4,6,12H2,1H3,(H,22,24)/t13-,18+/m1/s1. The van der Waals surface area contributed by atoms with E-state index in [-0.39, 0.29) is 17.6 Å². The van der Waals surface area contributed by atoms with Gasteiger partial charge in [-0.05, 0) is 42.7 Å². The summed E-state index contributed by atoms with van der Waals surface area (Å²) in [6, 6.07) is 11.8. The van der Waals surface area contributed by atoms with Crippen LogP contribution in [0.1, 0.15) is 24.6 Å². The molecule has 1 N–H and O–H groups in total. The molecule has 3 rings (SSSR count). The van der Waals surface area contributed by atoms with Crippen LogP contribution in [0.4, 0.5) is 4.39 Å². The highest BCUT2D eigenvalue weighted by atomic mass is 19.1. The molecule has 1 amide bonds. The molecule has 1 aromatic heterocycles. The number of nitrogens with zero attached hydrogens (tertiary/aromatic N) is 2. The van der Waals surface area contributed by atoms with Gasteiger partial charge in [0, 0.05) is 18.4 Å². The minimum atomic E-state index is -0.657. The predicted octanol–water partition coefficient (Wildman–Crippen LogP) is 2.71. The molecule has 5 nitrogen and oxygen atoms in total. The highest BCUT2D eigenvalue weighted by molar-refractivity contribution is 6.05. The number of aromatic nitrogens is 1. The molecule has 2 atom stereocenters. The van der Waals surface area contributed by atoms with E-state index in [0.717, 1.165) is 24.1 Å². The van der Waals surface area contributed by atoms with Crippen molar-refractivity contribution in [2.45, 2.75) is 25.9 Å². The van der Waals surface area contributed by atoms with E-state index in [1.165, 1.54) is 12.1 Å². The van der Waals surface area contributed by atoms with Crippen LogP contribution in [0, 0.1) is 11.7 Å². The first kappa shape index (κ1) is 17.1. The number of carbonyl (C=O) groups is 1. The zero-order chi connectivity index (χ0) is 17.6. The van der Waals surface area contributed by atoms with E-state index < -0.39 is 6.10 Å². The molecule has 0 saturated carbocycles. The van der Waals surface area contributed by atoms with Gasteiger partial charge in [-0.3, -0.25) is 9.78 Å². The van der Waals surface area contributed by atoms with Gasteiger partial charge < -0.3 is 10.2 Å². The lowest BCUT2D eigenvalue weighted by molar-refractivity contribution is -0.132. The Morgan fingerprint density at radius 3 is 2.76 bits per heavy atom. The zero-order valence-electron chi connectivity index (χ0n) is 14.0. The SMILES string of the molecule is C[C@@H]1C(c2ccc(F)cc2)=NO[C@@H]1C(=O)NCCCc1ccccn1. The average Bonchev–Trinajstić information content (AvgIpc) is 3.02. The smallest absolute Gasteiger partial charge is 0.264 e. The van der Waals surface area contributed by atoms with Gasteiger partial charge in [0.1, 0.15) is 5.82 Å². The van der Waals surface area contributed by atoms with Crippen molar-refractivity contribution in [3.63, 3.8) is 0 Å². The quantitative estimate of drug-likeness (QED) is 0.822. The summed E-state index contributed by atoms with van der Waals surface area (Å²) in [5.74, 6) is -0.686. The lowest BCUT2D eigenvalue weighted by Crippen LogP contribution is -2.39. The van der Waals surface area contributed by atoms with Gasteiger partial charge in [0.25, 0.3) is 5.91 Å². The molecule has 6 heteroatoms. The number of benzene rings is 1. The van der Waals surface area contributed by atoms with Crippen LogP contribution in [-0.4, -0.2) is 29.3 Å². The first-order chi connectivity index (χ1) is 12.1. The second kappa shape index (κ2) is 7.88. The normalized spacial score (nSPS) is 19.2. The number of pyridine rings is 1. The largest absolute Gasteiger partial charge is 0.381 e. The predicted molar refractivity (Wildman–Crippen MR) is 92.5 cm³/mol. The van der Waals surface area contributed by atoms with E-state index in [2.05, 4.69) is 15.5 Å². The number of rotatable bonds is 6. The third-order valence-corrected chi connectivity index (χ3v) is 4.18. The van der Waals surface area contributed by atoms with Crippen LogP contribution in [0.3, 0.4) is 0 Å². The van der Waals surface area contributed by atoms with Crippen molar-refractivity contribution >= 4 is 11.6 Å². The number of hydrogen-bond acceptors (Lipinski definition) is 4. The molecule has 2 aromatic rings. The van der Waals surface area contributed by atoms with Gasteiger partial charge in [-0.15, -0.1) is 0 Å². The summed E-state index contributed by atoms with van der Waals surface area (Å²) in [4.78, 5) is 21.9. The van der Waals surface area contributed by atoms with Crippen LogP contribution in [-0.2, 0) is 16.1 Å². The van der Waals surface area contributed by atoms with E-state index in [0.29, 0.717) is 12.3 Å². The lowest BCUT2D eigenvalue weighted by atomic mass is 9.94. The summed E-state index contributed by atoms with van der Waals surface area (Å²) in [7, 11) is 0. The average molecular weight is 341 g/mol. The summed E-state index contributed by atoms with van der Waals surface area (Å²) in [6.45, 7) is 2.43. The maximum atomic E-state index is 13.0. The Bertz CT molecular complexity index is 747. The van der Waals surface area contributed by atoms with Crippen molar-refractivity contribution in [2.24, 2.45) is 11.1 Å². The van der Waals surface area contributed by atoms with Crippen LogP contribution in [0.15, 0.2) is 53.8 Å². The Morgan fingerprint density at radius 1 is 1.24 bits per heavy atom. The molecule has 0 fully saturated rings. The minimum absolute atomic E-state index is 0.186. The molecule has 0 unspecified atom stereocenters. The van der Waals surface area contributed by atoms with E-state index in [9.17, 15) is 9.18 Å². The summed E-state index contributed by atoms with van der Waals surface area (Å²) < 4.78 is 13.0. The van der Waals surface area contributed by atoms with Crippen LogP contribution < -0.4 is 5.32 Å². The molecular weight excluding hydrogens is 321 g/mol. The van der Waals surface area contributed by atoms with Crippen molar-refractivity contribution in [1.29, 1.82) is 0 Å². The van der Waals surface area contributed by atoms with Gasteiger partial charge in [0.05, 0.1) is 11.6 Å². The maximum Gasteiger partial charge on any atom is 0.264 e. The number of carbonyl (C=O) groups excluding carboxylic acids is 1. The number of oxime groups is 1. The molecule has 0 radical (unpaired) electrons. The summed E-state index contributed by atoms with van der Waals surface area (Å²) in [5, 5.41) is 6.90. The van der Waals surface area contributed by atoms with E-state index >= 15 is 0 Å². The second-order valence-electron chi connectivity index (χ2n) is 6.01. The maximum absolute atomic E-state index is 13.0. The van der Waals surface area contributed by atoms with Gasteiger partial charge >= 0.3 is 0 Å². The van der Waals surface area contributed by atoms with Gasteiger partial charge in [-0.25, -0.2) is 4.39 Å². The Hall–Kier alpha value is -2.76. The molecule has 1 aliphatic rings. The monoisotopic (exact) mass is 341 g/mol. The first-order valence-corrected chi connectivity index (χ1v) is 8.32. The molecule has 0 aliphatic carbocycles. The van der Waals surface area contributed by atoms with E-state index in [1.807, 2.05) is 25.1 Å². The first-order valence-electron chi connectivity index (χ1n) is 8.32. The molecule has 0 spiro atoms. The minimum Gasteiger partial charge on any atom is -0.381 e. The van der Waals surface area contributed by atoms with Crippen LogP contribution in [0.5, 0.6) is 0 Å². The Morgan fingerprint density at radius 2 is 2.04 bits per heavy atom. The number of aryl methyl sites for hydroxylation is 1. The van der Waals surface area contributed by atoms with E-state index in [1.54, 1.807) is 18.3 Å². The molecular formula is C19H20FN3O2. The summed E-state index contributed by atoms with van der Waals surface area (Å²) in [6.07, 6.45) is 2.71. The van der Waals surface area contributed by atoms with Crippen molar-refractivity contribution in [2.75, 3.05) is 6.54 Å². The molecule has 25 heavy (non-hydrogen) atoms. The number of nitrogens with one attached hydrogen (secondary N) is 1. The third-order valence-electron chi connectivity index (χ3n) is 4.18. The number of amides is 1. The van der Waals surface area contributed by atoms with Crippen LogP contribution >= 0.6 is 0 Å². The highest BCUT2D eigenvalue weighted by Gasteiger charge is 2.36. The van der Waals surface area contributed by atoms with Crippen LogP contribution in [0.25, 0.3) is 0 Å². The fraction of sp³-hybridized carbons (Fsp3) is 0.316. The van der Waals surface area contributed by atoms with Crippen molar-refractivity contribution in [3.05, 3.63) is 65.7 Å². The van der Waals surface area contributed by atoms with Crippen molar-refractivity contribution in [1.82, 2.24) is 10.3 Å². The van der Waals surface area contributed by atoms with E-state index in [4.69, 9.17) is 4.84 Å². The topological polar surface area (TPSA) is 63.6 Å². The van der Waals surface area contributed by atoms with Gasteiger partial charge in [0.2, 0.25) is 6.10 Å².